The minimum Gasteiger partial charge on any atom is -0.342 e. The third-order valence-corrected chi connectivity index (χ3v) is 4.54. The summed E-state index contributed by atoms with van der Waals surface area (Å²) in [6.45, 7) is 3.52. The second kappa shape index (κ2) is 6.00. The van der Waals surface area contributed by atoms with Crippen molar-refractivity contribution in [3.05, 3.63) is 59.9 Å². The lowest BCUT2D eigenvalue weighted by atomic mass is 10.1. The highest BCUT2D eigenvalue weighted by atomic mass is 16.2. The Hall–Kier alpha value is -2.82. The molecule has 1 atom stereocenters. The fourth-order valence-electron chi connectivity index (χ4n) is 3.23. The molecule has 0 unspecified atom stereocenters. The van der Waals surface area contributed by atoms with Crippen LogP contribution in [0.5, 0.6) is 0 Å². The normalized spacial score (nSPS) is 17.4. The molecule has 24 heavy (non-hydrogen) atoms. The molecule has 1 aliphatic rings. The topological polar surface area (TPSA) is 61.0 Å². The van der Waals surface area contributed by atoms with Gasteiger partial charge in [-0.1, -0.05) is 24.3 Å². The van der Waals surface area contributed by atoms with Crippen molar-refractivity contribution in [2.45, 2.75) is 19.3 Å². The minimum absolute atomic E-state index is 0.0457. The van der Waals surface area contributed by atoms with E-state index in [1.807, 2.05) is 41.3 Å². The number of aromatic amines is 1. The number of hydrogen-bond acceptors (Lipinski definition) is 2. The molecule has 1 fully saturated rings. The van der Waals surface area contributed by atoms with E-state index in [9.17, 15) is 4.79 Å². The van der Waals surface area contributed by atoms with Gasteiger partial charge in [0, 0.05) is 24.7 Å². The van der Waals surface area contributed by atoms with Crippen LogP contribution in [0, 0.1) is 6.92 Å². The zero-order valence-electron chi connectivity index (χ0n) is 13.6. The maximum Gasteiger partial charge on any atom is 0.321 e. The number of rotatable bonds is 2. The van der Waals surface area contributed by atoms with Crippen molar-refractivity contribution in [3.63, 3.8) is 0 Å². The molecule has 5 heteroatoms. The van der Waals surface area contributed by atoms with E-state index in [-0.39, 0.29) is 11.9 Å². The third-order valence-electron chi connectivity index (χ3n) is 4.54. The Bertz CT molecular complexity index is 871. The number of nitrogens with one attached hydrogen (secondary N) is 2. The van der Waals surface area contributed by atoms with Gasteiger partial charge in [0.15, 0.2) is 0 Å². The monoisotopic (exact) mass is 320 g/mol. The SMILES string of the molecule is Cc1ccc2nc([C@H]3CCN(C(=O)Nc4ccccc4)C3)[nH]c2c1. The molecule has 0 spiro atoms. The van der Waals surface area contributed by atoms with Crippen molar-refractivity contribution < 1.29 is 4.79 Å². The lowest BCUT2D eigenvalue weighted by Gasteiger charge is -2.17. The molecule has 2 heterocycles. The molecular formula is C19H20N4O. The number of imidazole rings is 1. The van der Waals surface area contributed by atoms with Crippen LogP contribution in [-0.4, -0.2) is 34.0 Å². The van der Waals surface area contributed by atoms with Crippen LogP contribution in [0.4, 0.5) is 10.5 Å². The van der Waals surface area contributed by atoms with Gasteiger partial charge < -0.3 is 15.2 Å². The van der Waals surface area contributed by atoms with E-state index >= 15 is 0 Å². The van der Waals surface area contributed by atoms with Gasteiger partial charge in [0.2, 0.25) is 0 Å². The van der Waals surface area contributed by atoms with Crippen LogP contribution < -0.4 is 5.32 Å². The number of amides is 2. The fraction of sp³-hybridized carbons (Fsp3) is 0.263. The van der Waals surface area contributed by atoms with Gasteiger partial charge in [-0.15, -0.1) is 0 Å². The van der Waals surface area contributed by atoms with Crippen LogP contribution >= 0.6 is 0 Å². The van der Waals surface area contributed by atoms with Gasteiger partial charge in [0.25, 0.3) is 0 Å². The summed E-state index contributed by atoms with van der Waals surface area (Å²) >= 11 is 0. The molecule has 5 nitrogen and oxygen atoms in total. The maximum atomic E-state index is 12.4. The number of hydrogen-bond donors (Lipinski definition) is 2. The lowest BCUT2D eigenvalue weighted by Crippen LogP contribution is -2.32. The summed E-state index contributed by atoms with van der Waals surface area (Å²) in [5.74, 6) is 1.24. The second-order valence-corrected chi connectivity index (χ2v) is 6.37. The second-order valence-electron chi connectivity index (χ2n) is 6.37. The molecule has 0 saturated carbocycles. The molecule has 1 aromatic heterocycles. The number of para-hydroxylation sites is 1. The van der Waals surface area contributed by atoms with Crippen LogP contribution in [0.2, 0.25) is 0 Å². The average Bonchev–Trinajstić information content (AvgIpc) is 3.22. The molecule has 1 aliphatic heterocycles. The Balaban J connectivity index is 1.46. The number of urea groups is 1. The number of fused-ring (bicyclic) bond motifs is 1. The summed E-state index contributed by atoms with van der Waals surface area (Å²) in [5, 5.41) is 2.95. The molecule has 0 aliphatic carbocycles. The zero-order chi connectivity index (χ0) is 16.5. The minimum atomic E-state index is -0.0457. The first-order valence-electron chi connectivity index (χ1n) is 8.26. The smallest absolute Gasteiger partial charge is 0.321 e. The summed E-state index contributed by atoms with van der Waals surface area (Å²) in [6.07, 6.45) is 0.932. The summed E-state index contributed by atoms with van der Waals surface area (Å²) in [5.41, 5.74) is 4.10. The summed E-state index contributed by atoms with van der Waals surface area (Å²) in [4.78, 5) is 22.4. The Labute approximate surface area is 140 Å². The van der Waals surface area contributed by atoms with Gasteiger partial charge >= 0.3 is 6.03 Å². The number of benzene rings is 2. The number of aryl methyl sites for hydroxylation is 1. The molecule has 2 amide bonds. The molecule has 0 radical (unpaired) electrons. The van der Waals surface area contributed by atoms with Crippen LogP contribution in [0.1, 0.15) is 23.7 Å². The van der Waals surface area contributed by atoms with Gasteiger partial charge in [-0.05, 0) is 43.2 Å². The number of carbonyl (C=O) groups excluding carboxylic acids is 1. The number of carbonyl (C=O) groups is 1. The number of nitrogens with zero attached hydrogens (tertiary/aromatic N) is 2. The number of anilines is 1. The Morgan fingerprint density at radius 2 is 2.08 bits per heavy atom. The first kappa shape index (κ1) is 14.8. The van der Waals surface area contributed by atoms with Crippen LogP contribution in [-0.2, 0) is 0 Å². The van der Waals surface area contributed by atoms with Gasteiger partial charge in [-0.3, -0.25) is 0 Å². The molecule has 4 rings (SSSR count). The molecule has 122 valence electrons. The Morgan fingerprint density at radius 1 is 1.25 bits per heavy atom. The van der Waals surface area contributed by atoms with Crippen LogP contribution in [0.3, 0.4) is 0 Å². The molecule has 2 aromatic carbocycles. The van der Waals surface area contributed by atoms with Gasteiger partial charge in [-0.25, -0.2) is 9.78 Å². The van der Waals surface area contributed by atoms with E-state index in [0.717, 1.165) is 35.5 Å². The molecule has 2 N–H and O–H groups in total. The summed E-state index contributed by atoms with van der Waals surface area (Å²) in [6, 6.07) is 15.7. The maximum absolute atomic E-state index is 12.4. The lowest BCUT2D eigenvalue weighted by molar-refractivity contribution is 0.222. The molecular weight excluding hydrogens is 300 g/mol. The summed E-state index contributed by atoms with van der Waals surface area (Å²) < 4.78 is 0. The van der Waals surface area contributed by atoms with E-state index in [1.54, 1.807) is 0 Å². The highest BCUT2D eigenvalue weighted by molar-refractivity contribution is 5.89. The van der Waals surface area contributed by atoms with Crippen LogP contribution in [0.15, 0.2) is 48.5 Å². The van der Waals surface area contributed by atoms with Crippen molar-refractivity contribution in [3.8, 4) is 0 Å². The van der Waals surface area contributed by atoms with Crippen molar-refractivity contribution in [2.24, 2.45) is 0 Å². The Morgan fingerprint density at radius 3 is 2.92 bits per heavy atom. The first-order valence-corrected chi connectivity index (χ1v) is 8.26. The van der Waals surface area contributed by atoms with Crippen LogP contribution in [0.25, 0.3) is 11.0 Å². The van der Waals surface area contributed by atoms with E-state index in [1.165, 1.54) is 5.56 Å². The molecule has 0 bridgehead atoms. The highest BCUT2D eigenvalue weighted by Crippen LogP contribution is 2.27. The number of aromatic nitrogens is 2. The number of H-pyrrole nitrogens is 1. The summed E-state index contributed by atoms with van der Waals surface area (Å²) in [7, 11) is 0. The standard InChI is InChI=1S/C19H20N4O/c1-13-7-8-16-17(11-13)22-18(21-16)14-9-10-23(12-14)19(24)20-15-5-3-2-4-6-15/h2-8,11,14H,9-10,12H2,1H3,(H,20,24)(H,21,22)/t14-/m0/s1. The van der Waals surface area contributed by atoms with E-state index in [0.29, 0.717) is 6.54 Å². The average molecular weight is 320 g/mol. The Kier molecular flexibility index (Phi) is 3.69. The van der Waals surface area contributed by atoms with E-state index in [2.05, 4.69) is 29.4 Å². The van der Waals surface area contributed by atoms with Crippen molar-refractivity contribution in [2.75, 3.05) is 18.4 Å². The quantitative estimate of drug-likeness (QED) is 0.752. The predicted octanol–water partition coefficient (Wildman–Crippen LogP) is 3.89. The van der Waals surface area contributed by atoms with Gasteiger partial charge in [0.05, 0.1) is 11.0 Å². The van der Waals surface area contributed by atoms with E-state index < -0.39 is 0 Å². The molecule has 3 aromatic rings. The van der Waals surface area contributed by atoms with Crippen molar-refractivity contribution in [1.29, 1.82) is 0 Å². The van der Waals surface area contributed by atoms with E-state index in [4.69, 9.17) is 4.98 Å². The first-order chi connectivity index (χ1) is 11.7. The highest BCUT2D eigenvalue weighted by Gasteiger charge is 2.29. The molecule has 1 saturated heterocycles. The third kappa shape index (κ3) is 2.85. The van der Waals surface area contributed by atoms with Crippen molar-refractivity contribution >= 4 is 22.8 Å². The number of likely N-dealkylation sites (tertiary alicyclic amines) is 1. The van der Waals surface area contributed by atoms with Gasteiger partial charge in [-0.2, -0.15) is 0 Å². The predicted molar refractivity (Wildman–Crippen MR) is 95.2 cm³/mol. The largest absolute Gasteiger partial charge is 0.342 e. The zero-order valence-corrected chi connectivity index (χ0v) is 13.6. The van der Waals surface area contributed by atoms with Gasteiger partial charge in [0.1, 0.15) is 5.82 Å². The van der Waals surface area contributed by atoms with Crippen molar-refractivity contribution in [1.82, 2.24) is 14.9 Å². The fourth-order valence-corrected chi connectivity index (χ4v) is 3.23.